The van der Waals surface area contributed by atoms with Gasteiger partial charge in [0.05, 0.1) is 24.6 Å². The number of rotatable bonds is 6. The van der Waals surface area contributed by atoms with E-state index in [9.17, 15) is 9.59 Å². The van der Waals surface area contributed by atoms with Crippen molar-refractivity contribution in [2.24, 2.45) is 12.8 Å². The van der Waals surface area contributed by atoms with Crippen LogP contribution < -0.4 is 10.5 Å². The first-order valence-corrected chi connectivity index (χ1v) is 8.50. The lowest BCUT2D eigenvalue weighted by molar-refractivity contribution is -0.132. The fraction of sp³-hybridized carbons (Fsp3) is 0.368. The number of ether oxygens (including phenoxy) is 1. The highest BCUT2D eigenvalue weighted by Gasteiger charge is 2.30. The van der Waals surface area contributed by atoms with Crippen LogP contribution in [0.1, 0.15) is 41.4 Å². The van der Waals surface area contributed by atoms with Crippen molar-refractivity contribution in [3.8, 4) is 5.75 Å². The van der Waals surface area contributed by atoms with Gasteiger partial charge in [0, 0.05) is 25.5 Å². The van der Waals surface area contributed by atoms with Gasteiger partial charge in [-0.3, -0.25) is 9.59 Å². The quantitative estimate of drug-likeness (QED) is 0.875. The Morgan fingerprint density at radius 2 is 2.04 bits per heavy atom. The number of nitrogens with zero attached hydrogens (tertiary/aromatic N) is 2. The summed E-state index contributed by atoms with van der Waals surface area (Å²) in [7, 11) is 2.00. The molecule has 25 heavy (non-hydrogen) atoms. The molecule has 1 aliphatic rings. The number of aryl methyl sites for hydroxylation is 1. The van der Waals surface area contributed by atoms with Gasteiger partial charge in [-0.15, -0.1) is 0 Å². The first-order chi connectivity index (χ1) is 12.1. The van der Waals surface area contributed by atoms with Gasteiger partial charge in [-0.1, -0.05) is 12.1 Å². The van der Waals surface area contributed by atoms with Crippen LogP contribution in [0.4, 0.5) is 0 Å². The predicted octanol–water partition coefficient (Wildman–Crippen LogP) is 2.26. The number of hydrogen-bond donors (Lipinski definition) is 1. The zero-order valence-electron chi connectivity index (χ0n) is 14.4. The molecule has 2 heterocycles. The Labute approximate surface area is 147 Å². The first kappa shape index (κ1) is 17.1. The molecule has 3 rings (SSSR count). The van der Waals surface area contributed by atoms with Crippen LogP contribution in [0.2, 0.25) is 0 Å². The molecular formula is C19H23N3O3. The Balaban J connectivity index is 1.60. The molecular weight excluding hydrogens is 318 g/mol. The summed E-state index contributed by atoms with van der Waals surface area (Å²) in [5, 5.41) is 0. The molecule has 2 aromatic rings. The number of carbonyl (C=O) groups is 2. The van der Waals surface area contributed by atoms with Crippen LogP contribution in [0, 0.1) is 0 Å². The van der Waals surface area contributed by atoms with Gasteiger partial charge in [-0.05, 0) is 37.1 Å². The second kappa shape index (κ2) is 7.42. The van der Waals surface area contributed by atoms with E-state index in [2.05, 4.69) is 10.6 Å². The van der Waals surface area contributed by atoms with Crippen LogP contribution >= 0.6 is 0 Å². The van der Waals surface area contributed by atoms with Crippen LogP contribution in [-0.4, -0.2) is 34.4 Å². The highest BCUT2D eigenvalue weighted by molar-refractivity contribution is 5.95. The molecule has 0 bridgehead atoms. The van der Waals surface area contributed by atoms with E-state index in [1.54, 1.807) is 24.3 Å². The first-order valence-electron chi connectivity index (χ1n) is 8.50. The summed E-state index contributed by atoms with van der Waals surface area (Å²) in [5.74, 6) is -0.0475. The van der Waals surface area contributed by atoms with E-state index in [0.717, 1.165) is 25.1 Å². The van der Waals surface area contributed by atoms with Gasteiger partial charge in [-0.2, -0.15) is 0 Å². The van der Waals surface area contributed by atoms with E-state index in [1.807, 2.05) is 24.2 Å². The van der Waals surface area contributed by atoms with E-state index in [-0.39, 0.29) is 25.0 Å². The summed E-state index contributed by atoms with van der Waals surface area (Å²) >= 11 is 0. The molecule has 0 spiro atoms. The number of aromatic nitrogens is 1. The van der Waals surface area contributed by atoms with Gasteiger partial charge in [0.1, 0.15) is 5.75 Å². The molecule has 2 N–H and O–H groups in total. The maximum Gasteiger partial charge on any atom is 0.252 e. The second-order valence-electron chi connectivity index (χ2n) is 6.25. The van der Waals surface area contributed by atoms with Crippen LogP contribution in [0.3, 0.4) is 0 Å². The second-order valence-corrected chi connectivity index (χ2v) is 6.25. The summed E-state index contributed by atoms with van der Waals surface area (Å²) in [6.45, 7) is 0.992. The lowest BCUT2D eigenvalue weighted by Gasteiger charge is -2.25. The maximum absolute atomic E-state index is 12.6. The van der Waals surface area contributed by atoms with Crippen molar-refractivity contribution in [1.29, 1.82) is 0 Å². The summed E-state index contributed by atoms with van der Waals surface area (Å²) in [6.07, 6.45) is 4.26. The smallest absolute Gasteiger partial charge is 0.252 e. The Hall–Kier alpha value is -2.76. The Morgan fingerprint density at radius 3 is 2.76 bits per heavy atom. The number of nitrogens with two attached hydrogens (primary N) is 1. The van der Waals surface area contributed by atoms with Crippen LogP contribution in [0.15, 0.2) is 42.6 Å². The Kier molecular flexibility index (Phi) is 5.07. The number of likely N-dealkylation sites (tertiary alicyclic amines) is 1. The van der Waals surface area contributed by atoms with Crippen molar-refractivity contribution in [2.75, 3.05) is 13.2 Å². The highest BCUT2D eigenvalue weighted by atomic mass is 16.5. The zero-order valence-corrected chi connectivity index (χ0v) is 14.4. The van der Waals surface area contributed by atoms with E-state index >= 15 is 0 Å². The third-order valence-corrected chi connectivity index (χ3v) is 4.62. The predicted molar refractivity (Wildman–Crippen MR) is 94.2 cm³/mol. The molecule has 6 nitrogen and oxygen atoms in total. The molecule has 0 radical (unpaired) electrons. The minimum atomic E-state index is -0.537. The average Bonchev–Trinajstić information content (AvgIpc) is 3.23. The van der Waals surface area contributed by atoms with Crippen LogP contribution in [-0.2, 0) is 11.8 Å². The summed E-state index contributed by atoms with van der Waals surface area (Å²) in [4.78, 5) is 25.9. The van der Waals surface area contributed by atoms with Crippen molar-refractivity contribution < 1.29 is 14.3 Å². The molecule has 1 aliphatic heterocycles. The zero-order chi connectivity index (χ0) is 17.8. The normalized spacial score (nSPS) is 16.8. The molecule has 1 atom stereocenters. The standard InChI is InChI=1S/C19H23N3O3/c1-21-11-4-7-15(21)16-8-5-12-22(16)18(23)10-13-25-17-9-3-2-6-14(17)19(20)24/h2-4,6-7,9,11,16H,5,8,10,12-13H2,1H3,(H2,20,24)/t16-/m1/s1. The van der Waals surface area contributed by atoms with E-state index in [0.29, 0.717) is 11.3 Å². The average molecular weight is 341 g/mol. The number of carbonyl (C=O) groups excluding carboxylic acids is 2. The van der Waals surface area contributed by atoms with Crippen molar-refractivity contribution in [2.45, 2.75) is 25.3 Å². The molecule has 2 amide bonds. The number of benzene rings is 1. The molecule has 0 saturated carbocycles. The lowest BCUT2D eigenvalue weighted by Crippen LogP contribution is -2.32. The molecule has 132 valence electrons. The van der Waals surface area contributed by atoms with Crippen molar-refractivity contribution in [3.63, 3.8) is 0 Å². The topological polar surface area (TPSA) is 77.6 Å². The minimum absolute atomic E-state index is 0.0697. The number of para-hydroxylation sites is 1. The third kappa shape index (κ3) is 3.68. The minimum Gasteiger partial charge on any atom is -0.492 e. The van der Waals surface area contributed by atoms with E-state index in [4.69, 9.17) is 10.5 Å². The molecule has 1 fully saturated rings. The molecule has 1 saturated heterocycles. The molecule has 1 aromatic carbocycles. The summed E-state index contributed by atoms with van der Waals surface area (Å²) < 4.78 is 7.69. The monoisotopic (exact) mass is 341 g/mol. The highest BCUT2D eigenvalue weighted by Crippen LogP contribution is 2.32. The van der Waals surface area contributed by atoms with Gasteiger partial charge < -0.3 is 19.9 Å². The molecule has 6 heteroatoms. The third-order valence-electron chi connectivity index (χ3n) is 4.62. The lowest BCUT2D eigenvalue weighted by atomic mass is 10.1. The Bertz CT molecular complexity index is 769. The molecule has 0 unspecified atom stereocenters. The fourth-order valence-corrected chi connectivity index (χ4v) is 3.38. The van der Waals surface area contributed by atoms with Gasteiger partial charge in [0.15, 0.2) is 0 Å². The number of hydrogen-bond acceptors (Lipinski definition) is 3. The van der Waals surface area contributed by atoms with Gasteiger partial charge in [-0.25, -0.2) is 0 Å². The van der Waals surface area contributed by atoms with Crippen LogP contribution in [0.25, 0.3) is 0 Å². The van der Waals surface area contributed by atoms with Crippen LogP contribution in [0.5, 0.6) is 5.75 Å². The van der Waals surface area contributed by atoms with E-state index in [1.165, 1.54) is 0 Å². The van der Waals surface area contributed by atoms with Gasteiger partial charge in [0.2, 0.25) is 5.91 Å². The SMILES string of the molecule is Cn1cccc1[C@H]1CCCN1C(=O)CCOc1ccccc1C(N)=O. The van der Waals surface area contributed by atoms with Crippen molar-refractivity contribution in [3.05, 3.63) is 53.9 Å². The summed E-state index contributed by atoms with van der Waals surface area (Å²) in [5.41, 5.74) is 6.83. The summed E-state index contributed by atoms with van der Waals surface area (Å²) in [6, 6.07) is 11.0. The fourth-order valence-electron chi connectivity index (χ4n) is 3.38. The number of primary amides is 1. The molecule has 1 aromatic heterocycles. The number of amides is 2. The van der Waals surface area contributed by atoms with E-state index < -0.39 is 5.91 Å². The van der Waals surface area contributed by atoms with Gasteiger partial charge in [0.25, 0.3) is 5.91 Å². The van der Waals surface area contributed by atoms with Crippen molar-refractivity contribution >= 4 is 11.8 Å². The Morgan fingerprint density at radius 1 is 1.24 bits per heavy atom. The molecule has 0 aliphatic carbocycles. The largest absolute Gasteiger partial charge is 0.492 e. The van der Waals surface area contributed by atoms with Crippen molar-refractivity contribution in [1.82, 2.24) is 9.47 Å². The maximum atomic E-state index is 12.6. The van der Waals surface area contributed by atoms with Gasteiger partial charge >= 0.3 is 0 Å².